The van der Waals surface area contributed by atoms with E-state index in [1.165, 1.54) is 0 Å². The monoisotopic (exact) mass is 332 g/mol. The van der Waals surface area contributed by atoms with E-state index >= 15 is 0 Å². The van der Waals surface area contributed by atoms with E-state index in [9.17, 15) is 4.79 Å². The third kappa shape index (κ3) is 2.90. The number of halogens is 1. The molecule has 1 fully saturated rings. The van der Waals surface area contributed by atoms with Gasteiger partial charge in [0.2, 0.25) is 0 Å². The number of hydrogen-bond acceptors (Lipinski definition) is 4. The molecule has 1 atom stereocenters. The number of carbonyl (C=O) groups excluding carboxylic acids is 1. The maximum Gasteiger partial charge on any atom is 0.334 e. The van der Waals surface area contributed by atoms with Gasteiger partial charge in [0, 0.05) is 34.3 Å². The molecule has 6 heteroatoms. The van der Waals surface area contributed by atoms with E-state index in [4.69, 9.17) is 21.4 Å². The van der Waals surface area contributed by atoms with Crippen molar-refractivity contribution in [2.24, 2.45) is 0 Å². The normalized spacial score (nSPS) is 20.8. The lowest BCUT2D eigenvalue weighted by atomic mass is 9.86. The van der Waals surface area contributed by atoms with Crippen LogP contribution in [-0.2, 0) is 21.7 Å². The van der Waals surface area contributed by atoms with Crippen LogP contribution in [-0.4, -0.2) is 27.5 Å². The number of esters is 1. The average molecular weight is 333 g/mol. The molecule has 1 N–H and O–H groups in total. The van der Waals surface area contributed by atoms with Gasteiger partial charge in [0.25, 0.3) is 0 Å². The van der Waals surface area contributed by atoms with Crippen LogP contribution in [0.5, 0.6) is 0 Å². The first kappa shape index (κ1) is 15.8. The van der Waals surface area contributed by atoms with Gasteiger partial charge >= 0.3 is 5.97 Å². The molecule has 3 rings (SSSR count). The third-order valence-electron chi connectivity index (χ3n) is 3.98. The van der Waals surface area contributed by atoms with Gasteiger partial charge in [-0.25, -0.2) is 4.79 Å². The Morgan fingerprint density at radius 2 is 2.30 bits per heavy atom. The number of cyclic esters (lactones) is 1. The van der Waals surface area contributed by atoms with Crippen LogP contribution in [0.25, 0.3) is 11.1 Å². The Hall–Kier alpha value is -2.11. The van der Waals surface area contributed by atoms with Crippen molar-refractivity contribution in [3.63, 3.8) is 0 Å². The van der Waals surface area contributed by atoms with Gasteiger partial charge in [0.1, 0.15) is 5.60 Å². The molecule has 120 valence electrons. The second-order valence-corrected chi connectivity index (χ2v) is 6.24. The summed E-state index contributed by atoms with van der Waals surface area (Å²) in [4.78, 5) is 11.8. The summed E-state index contributed by atoms with van der Waals surface area (Å²) >= 11 is 6.15. The van der Waals surface area contributed by atoms with Gasteiger partial charge in [-0.2, -0.15) is 5.10 Å². The molecule has 0 radical (unpaired) electrons. The zero-order valence-corrected chi connectivity index (χ0v) is 13.5. The predicted molar refractivity (Wildman–Crippen MR) is 87.0 cm³/mol. The number of hydrogen-bond donors (Lipinski definition) is 1. The Balaban J connectivity index is 2.08. The summed E-state index contributed by atoms with van der Waals surface area (Å²) in [5.41, 5.74) is 2.26. The summed E-state index contributed by atoms with van der Waals surface area (Å²) < 4.78 is 7.21. The number of aliphatic hydroxyl groups is 1. The second kappa shape index (κ2) is 5.83. The van der Waals surface area contributed by atoms with Crippen LogP contribution in [0, 0.1) is 0 Å². The molecule has 1 saturated heterocycles. The van der Waals surface area contributed by atoms with Gasteiger partial charge in [-0.05, 0) is 24.6 Å². The number of carbonyl (C=O) groups is 1. The van der Waals surface area contributed by atoms with Crippen LogP contribution in [0.3, 0.4) is 0 Å². The van der Waals surface area contributed by atoms with Gasteiger partial charge < -0.3 is 9.84 Å². The van der Waals surface area contributed by atoms with Gasteiger partial charge in [-0.3, -0.25) is 4.68 Å². The summed E-state index contributed by atoms with van der Waals surface area (Å²) in [7, 11) is 0. The van der Waals surface area contributed by atoms with Gasteiger partial charge in [-0.15, -0.1) is 0 Å². The first-order chi connectivity index (χ1) is 10.9. The Labute approximate surface area is 139 Å². The maximum atomic E-state index is 11.8. The smallest absolute Gasteiger partial charge is 0.334 e. The summed E-state index contributed by atoms with van der Waals surface area (Å²) in [5, 5.41) is 13.8. The number of aromatic nitrogens is 2. The topological polar surface area (TPSA) is 64.3 Å². The highest BCUT2D eigenvalue weighted by Gasteiger charge is 2.41. The number of aliphatic hydroxyl groups excluding tert-OH is 1. The molecule has 0 spiro atoms. The van der Waals surface area contributed by atoms with Crippen LogP contribution in [0.4, 0.5) is 0 Å². The fourth-order valence-electron chi connectivity index (χ4n) is 2.89. The summed E-state index contributed by atoms with van der Waals surface area (Å²) in [6.45, 7) is 6.06. The summed E-state index contributed by atoms with van der Waals surface area (Å²) in [6, 6.07) is 5.48. The van der Waals surface area contributed by atoms with Crippen molar-refractivity contribution < 1.29 is 14.6 Å². The molecule has 1 aliphatic rings. The van der Waals surface area contributed by atoms with E-state index < -0.39 is 5.60 Å². The van der Waals surface area contributed by atoms with Crippen molar-refractivity contribution in [2.45, 2.75) is 25.5 Å². The van der Waals surface area contributed by atoms with Gasteiger partial charge in [0.05, 0.1) is 19.3 Å². The molecule has 1 aromatic heterocycles. The van der Waals surface area contributed by atoms with E-state index in [2.05, 4.69) is 11.7 Å². The Morgan fingerprint density at radius 1 is 1.52 bits per heavy atom. The molecule has 0 amide bonds. The first-order valence-electron chi connectivity index (χ1n) is 7.28. The van der Waals surface area contributed by atoms with Crippen molar-refractivity contribution >= 4 is 17.6 Å². The van der Waals surface area contributed by atoms with E-state index in [0.29, 0.717) is 23.6 Å². The van der Waals surface area contributed by atoms with Gasteiger partial charge in [0.15, 0.2) is 0 Å². The minimum atomic E-state index is -0.771. The van der Waals surface area contributed by atoms with Crippen LogP contribution in [0.2, 0.25) is 5.02 Å². The van der Waals surface area contributed by atoms with Crippen molar-refractivity contribution in [2.75, 3.05) is 6.61 Å². The lowest BCUT2D eigenvalue weighted by Gasteiger charge is -2.25. The first-order valence-corrected chi connectivity index (χ1v) is 7.65. The third-order valence-corrected chi connectivity index (χ3v) is 4.22. The van der Waals surface area contributed by atoms with Crippen LogP contribution >= 0.6 is 11.6 Å². The van der Waals surface area contributed by atoms with E-state index in [0.717, 1.165) is 16.7 Å². The fraction of sp³-hybridized carbons (Fsp3) is 0.294. The minimum Gasteiger partial charge on any atom is -0.451 e. The number of benzene rings is 1. The molecule has 1 aromatic carbocycles. The summed E-state index contributed by atoms with van der Waals surface area (Å²) in [5.74, 6) is -0.371. The van der Waals surface area contributed by atoms with E-state index in [1.54, 1.807) is 16.9 Å². The Morgan fingerprint density at radius 3 is 2.96 bits per heavy atom. The highest BCUT2D eigenvalue weighted by molar-refractivity contribution is 6.30. The molecule has 2 heterocycles. The molecule has 0 saturated carbocycles. The quantitative estimate of drug-likeness (QED) is 0.690. The standard InChI is InChI=1S/C17H17ClN2O3/c1-11-8-17(2,23-16(11)22)15-4-3-13(18)7-14(15)12-9-19-20(10-12)5-6-21/h3-4,7,9-10,21H,1,5-6,8H2,2H3/t17-/m1/s1. The largest absolute Gasteiger partial charge is 0.451 e. The van der Waals surface area contributed by atoms with Crippen molar-refractivity contribution in [1.82, 2.24) is 9.78 Å². The molecule has 0 bridgehead atoms. The minimum absolute atomic E-state index is 0.0126. The number of ether oxygens (including phenoxy) is 1. The Bertz CT molecular complexity index is 766. The van der Waals surface area contributed by atoms with Crippen LogP contribution < -0.4 is 0 Å². The molecule has 5 nitrogen and oxygen atoms in total. The Kier molecular flexibility index (Phi) is 4.00. The second-order valence-electron chi connectivity index (χ2n) is 5.81. The number of rotatable bonds is 4. The van der Waals surface area contributed by atoms with E-state index in [-0.39, 0.29) is 12.6 Å². The van der Waals surface area contributed by atoms with Crippen molar-refractivity contribution in [1.29, 1.82) is 0 Å². The molecular formula is C17H17ClN2O3. The number of nitrogens with zero attached hydrogens (tertiary/aromatic N) is 2. The average Bonchev–Trinajstić information content (AvgIpc) is 3.05. The van der Waals surface area contributed by atoms with Crippen molar-refractivity contribution in [3.8, 4) is 11.1 Å². The zero-order chi connectivity index (χ0) is 16.6. The molecular weight excluding hydrogens is 316 g/mol. The maximum absolute atomic E-state index is 11.8. The fourth-order valence-corrected chi connectivity index (χ4v) is 3.06. The molecule has 0 aliphatic carbocycles. The van der Waals surface area contributed by atoms with E-state index in [1.807, 2.05) is 25.3 Å². The molecule has 23 heavy (non-hydrogen) atoms. The highest BCUT2D eigenvalue weighted by Crippen LogP contribution is 2.43. The molecule has 2 aromatic rings. The van der Waals surface area contributed by atoms with Crippen LogP contribution in [0.1, 0.15) is 18.9 Å². The summed E-state index contributed by atoms with van der Waals surface area (Å²) in [6.07, 6.45) is 3.98. The molecule has 0 unspecified atom stereocenters. The molecule has 1 aliphatic heterocycles. The lowest BCUT2D eigenvalue weighted by molar-refractivity contribution is -0.145. The lowest BCUT2D eigenvalue weighted by Crippen LogP contribution is -2.21. The SMILES string of the molecule is C=C1C[C@](C)(c2ccc(Cl)cc2-c2cnn(CCO)c2)OC1=O. The van der Waals surface area contributed by atoms with Gasteiger partial charge in [-0.1, -0.05) is 24.2 Å². The highest BCUT2D eigenvalue weighted by atomic mass is 35.5. The predicted octanol–water partition coefficient (Wildman–Crippen LogP) is 2.91. The van der Waals surface area contributed by atoms with Crippen LogP contribution in [0.15, 0.2) is 42.7 Å². The zero-order valence-electron chi connectivity index (χ0n) is 12.8. The van der Waals surface area contributed by atoms with Crippen molar-refractivity contribution in [3.05, 3.63) is 53.3 Å².